The van der Waals surface area contributed by atoms with Gasteiger partial charge in [-0.05, 0) is 25.7 Å². The van der Waals surface area contributed by atoms with Crippen LogP contribution in [0.25, 0.3) is 4.96 Å². The number of nitrogens with zero attached hydrogens (tertiary/aromatic N) is 4. The third kappa shape index (κ3) is 4.13. The molecule has 1 aliphatic heterocycles. The van der Waals surface area contributed by atoms with Crippen molar-refractivity contribution in [3.8, 4) is 0 Å². The number of fused-ring (bicyclic) bond motifs is 1. The Hall–Kier alpha value is -1.63. The Morgan fingerprint density at radius 3 is 2.67 bits per heavy atom. The average Bonchev–Trinajstić information content (AvgIpc) is 3.22. The van der Waals surface area contributed by atoms with Crippen LogP contribution in [-0.2, 0) is 10.2 Å². The third-order valence-electron chi connectivity index (χ3n) is 5.82. The molecule has 3 heterocycles. The molecule has 2 fully saturated rings. The maximum Gasteiger partial charge on any atom is 0.225 e. The Kier molecular flexibility index (Phi) is 5.14. The minimum Gasteiger partial charge on any atom is -0.353 e. The highest BCUT2D eigenvalue weighted by Gasteiger charge is 2.29. The summed E-state index contributed by atoms with van der Waals surface area (Å²) in [5, 5.41) is 9.03. The van der Waals surface area contributed by atoms with Crippen LogP contribution in [-0.4, -0.2) is 39.6 Å². The minimum atomic E-state index is 0.0288. The predicted molar refractivity (Wildman–Crippen MR) is 110 cm³/mol. The molecule has 2 aliphatic rings. The number of hydrogen-bond acceptors (Lipinski definition) is 5. The summed E-state index contributed by atoms with van der Waals surface area (Å²) in [5.41, 5.74) is 1.09. The van der Waals surface area contributed by atoms with Crippen LogP contribution < -0.4 is 10.2 Å². The molecule has 2 aromatic rings. The Bertz CT molecular complexity index is 767. The first kappa shape index (κ1) is 18.7. The molecule has 148 valence electrons. The Morgan fingerprint density at radius 1 is 1.19 bits per heavy atom. The van der Waals surface area contributed by atoms with E-state index >= 15 is 0 Å². The summed E-state index contributed by atoms with van der Waals surface area (Å²) in [7, 11) is 0. The van der Waals surface area contributed by atoms with Crippen molar-refractivity contribution < 1.29 is 4.79 Å². The SMILES string of the molecule is CC(C)(C)c1cn2nc(N3CCCC(C(=O)NC4CCCCC4)C3)sc2n1. The minimum absolute atomic E-state index is 0.0288. The van der Waals surface area contributed by atoms with E-state index in [1.807, 2.05) is 10.7 Å². The molecule has 1 saturated carbocycles. The summed E-state index contributed by atoms with van der Waals surface area (Å²) in [6.45, 7) is 8.24. The summed E-state index contributed by atoms with van der Waals surface area (Å²) in [4.78, 5) is 20.7. The zero-order chi connectivity index (χ0) is 19.0. The van der Waals surface area contributed by atoms with E-state index in [2.05, 4.69) is 31.0 Å². The predicted octanol–water partition coefficient (Wildman–Crippen LogP) is 3.75. The third-order valence-corrected chi connectivity index (χ3v) is 6.80. The molecule has 0 radical (unpaired) electrons. The van der Waals surface area contributed by atoms with Crippen molar-refractivity contribution in [2.75, 3.05) is 18.0 Å². The first-order chi connectivity index (χ1) is 12.9. The fraction of sp³-hybridized carbons (Fsp3) is 0.750. The smallest absolute Gasteiger partial charge is 0.225 e. The lowest BCUT2D eigenvalue weighted by Crippen LogP contribution is -2.46. The monoisotopic (exact) mass is 389 g/mol. The molecule has 1 amide bonds. The Morgan fingerprint density at radius 2 is 1.96 bits per heavy atom. The summed E-state index contributed by atoms with van der Waals surface area (Å²) in [5.74, 6) is 0.310. The van der Waals surface area contributed by atoms with Gasteiger partial charge in [0.25, 0.3) is 0 Å². The van der Waals surface area contributed by atoms with Crippen LogP contribution >= 0.6 is 11.3 Å². The second-order valence-electron chi connectivity index (χ2n) is 9.12. The number of anilines is 1. The number of hydrogen-bond donors (Lipinski definition) is 1. The van der Waals surface area contributed by atoms with Gasteiger partial charge in [-0.15, -0.1) is 5.10 Å². The molecule has 1 aliphatic carbocycles. The Balaban J connectivity index is 1.42. The molecule has 4 rings (SSSR count). The molecule has 1 unspecified atom stereocenters. The number of imidazole rings is 1. The van der Waals surface area contributed by atoms with Crippen molar-refractivity contribution in [1.82, 2.24) is 19.9 Å². The van der Waals surface area contributed by atoms with Gasteiger partial charge in [0, 0.05) is 24.5 Å². The highest BCUT2D eigenvalue weighted by atomic mass is 32.1. The van der Waals surface area contributed by atoms with E-state index in [1.54, 1.807) is 11.3 Å². The zero-order valence-corrected chi connectivity index (χ0v) is 17.5. The van der Waals surface area contributed by atoms with Crippen molar-refractivity contribution in [2.24, 2.45) is 5.92 Å². The van der Waals surface area contributed by atoms with Gasteiger partial charge in [-0.2, -0.15) is 0 Å². The fourth-order valence-corrected chi connectivity index (χ4v) is 5.03. The molecule has 1 atom stereocenters. The molecule has 0 aromatic carbocycles. The molecule has 0 bridgehead atoms. The largest absolute Gasteiger partial charge is 0.353 e. The van der Waals surface area contributed by atoms with E-state index < -0.39 is 0 Å². The summed E-state index contributed by atoms with van der Waals surface area (Å²) < 4.78 is 1.90. The topological polar surface area (TPSA) is 62.5 Å². The molecule has 6 nitrogen and oxygen atoms in total. The molecule has 2 aromatic heterocycles. The highest BCUT2D eigenvalue weighted by molar-refractivity contribution is 7.20. The van der Waals surface area contributed by atoms with Gasteiger partial charge >= 0.3 is 0 Å². The maximum atomic E-state index is 12.7. The fourth-order valence-electron chi connectivity index (χ4n) is 4.11. The number of piperidine rings is 1. The normalized spacial score (nSPS) is 22.3. The van der Waals surface area contributed by atoms with Crippen LogP contribution in [0, 0.1) is 5.92 Å². The number of rotatable bonds is 3. The number of amides is 1. The molecular weight excluding hydrogens is 358 g/mol. The molecule has 1 N–H and O–H groups in total. The van der Waals surface area contributed by atoms with Crippen LogP contribution in [0.5, 0.6) is 0 Å². The molecule has 7 heteroatoms. The highest BCUT2D eigenvalue weighted by Crippen LogP contribution is 2.30. The number of carbonyl (C=O) groups excluding carboxylic acids is 1. The van der Waals surface area contributed by atoms with Crippen molar-refractivity contribution in [1.29, 1.82) is 0 Å². The first-order valence-corrected chi connectivity index (χ1v) is 11.1. The molecule has 1 saturated heterocycles. The van der Waals surface area contributed by atoms with Crippen LogP contribution in [0.1, 0.15) is 71.4 Å². The summed E-state index contributed by atoms with van der Waals surface area (Å²) in [6.07, 6.45) is 10.1. The number of aromatic nitrogens is 3. The molecule has 27 heavy (non-hydrogen) atoms. The van der Waals surface area contributed by atoms with Gasteiger partial charge in [0.15, 0.2) is 0 Å². The van der Waals surface area contributed by atoms with Crippen molar-refractivity contribution in [3.05, 3.63) is 11.9 Å². The van der Waals surface area contributed by atoms with E-state index in [9.17, 15) is 4.79 Å². The summed E-state index contributed by atoms with van der Waals surface area (Å²) in [6, 6.07) is 0.389. The Labute approximate surface area is 165 Å². The first-order valence-electron chi connectivity index (χ1n) is 10.3. The van der Waals surface area contributed by atoms with E-state index in [-0.39, 0.29) is 17.2 Å². The van der Waals surface area contributed by atoms with Crippen molar-refractivity contribution in [3.63, 3.8) is 0 Å². The lowest BCUT2D eigenvalue weighted by Gasteiger charge is -2.33. The standard InChI is InChI=1S/C20H31N5OS/c1-20(2,3)16-13-25-18(22-16)27-19(23-25)24-11-7-8-14(12-24)17(26)21-15-9-5-4-6-10-15/h13-15H,4-12H2,1-3H3,(H,21,26). The summed E-state index contributed by atoms with van der Waals surface area (Å²) >= 11 is 1.63. The van der Waals surface area contributed by atoms with Gasteiger partial charge < -0.3 is 10.2 Å². The van der Waals surface area contributed by atoms with Gasteiger partial charge in [-0.1, -0.05) is 51.4 Å². The second kappa shape index (κ2) is 7.41. The van der Waals surface area contributed by atoms with E-state index in [0.717, 1.165) is 54.6 Å². The van der Waals surface area contributed by atoms with Gasteiger partial charge in [0.1, 0.15) is 0 Å². The number of nitrogens with one attached hydrogen (secondary N) is 1. The van der Waals surface area contributed by atoms with Crippen LogP contribution in [0.4, 0.5) is 5.13 Å². The maximum absolute atomic E-state index is 12.7. The van der Waals surface area contributed by atoms with Gasteiger partial charge in [0.2, 0.25) is 16.0 Å². The lowest BCUT2D eigenvalue weighted by atomic mass is 9.93. The van der Waals surface area contributed by atoms with Gasteiger partial charge in [-0.25, -0.2) is 9.50 Å². The van der Waals surface area contributed by atoms with Gasteiger partial charge in [0.05, 0.1) is 17.8 Å². The van der Waals surface area contributed by atoms with Crippen LogP contribution in [0.15, 0.2) is 6.20 Å². The zero-order valence-electron chi connectivity index (χ0n) is 16.7. The van der Waals surface area contributed by atoms with Crippen molar-refractivity contribution >= 4 is 27.3 Å². The second-order valence-corrected chi connectivity index (χ2v) is 10.1. The number of carbonyl (C=O) groups is 1. The van der Waals surface area contributed by atoms with Gasteiger partial charge in [-0.3, -0.25) is 4.79 Å². The van der Waals surface area contributed by atoms with Crippen molar-refractivity contribution in [2.45, 2.75) is 77.2 Å². The lowest BCUT2D eigenvalue weighted by molar-refractivity contribution is -0.126. The van der Waals surface area contributed by atoms with E-state index in [4.69, 9.17) is 10.1 Å². The quantitative estimate of drug-likeness (QED) is 0.868. The van der Waals surface area contributed by atoms with E-state index in [1.165, 1.54) is 19.3 Å². The molecular formula is C20H31N5OS. The van der Waals surface area contributed by atoms with Crippen LogP contribution in [0.2, 0.25) is 0 Å². The van der Waals surface area contributed by atoms with Crippen LogP contribution in [0.3, 0.4) is 0 Å². The average molecular weight is 390 g/mol. The van der Waals surface area contributed by atoms with E-state index in [0.29, 0.717) is 6.04 Å². The molecule has 0 spiro atoms.